The van der Waals surface area contributed by atoms with Crippen LogP contribution in [0.2, 0.25) is 0 Å². The van der Waals surface area contributed by atoms with Crippen LogP contribution >= 0.6 is 0 Å². The minimum absolute atomic E-state index is 0.0000463. The predicted octanol–water partition coefficient (Wildman–Crippen LogP) is 3.53. The summed E-state index contributed by atoms with van der Waals surface area (Å²) in [6, 6.07) is 6.40. The molecule has 106 valence electrons. The number of furan rings is 1. The molecule has 20 heavy (non-hydrogen) atoms. The van der Waals surface area contributed by atoms with Crippen LogP contribution in [0.25, 0.3) is 11.0 Å². The lowest BCUT2D eigenvalue weighted by molar-refractivity contribution is 0.0773. The normalized spacial score (nSPS) is 22.5. The van der Waals surface area contributed by atoms with Crippen LogP contribution in [0, 0.1) is 11.2 Å². The molecular weight excluding hydrogens is 257 g/mol. The molecule has 4 heteroatoms. The van der Waals surface area contributed by atoms with Crippen molar-refractivity contribution in [1.29, 1.82) is 0 Å². The number of fused-ring (bicyclic) bond motifs is 1. The number of Topliss-reactive ketones (excluding diaryl/α,β-unsaturated/α-hetero) is 1. The van der Waals surface area contributed by atoms with Gasteiger partial charge in [0.2, 0.25) is 5.78 Å². The Hall–Kier alpha value is -1.68. The van der Waals surface area contributed by atoms with E-state index in [1.807, 2.05) is 0 Å². The maximum atomic E-state index is 13.7. The Morgan fingerprint density at radius 2 is 2.35 bits per heavy atom. The highest BCUT2D eigenvalue weighted by Crippen LogP contribution is 2.36. The lowest BCUT2D eigenvalue weighted by Gasteiger charge is -2.24. The van der Waals surface area contributed by atoms with Gasteiger partial charge in [-0.25, -0.2) is 4.39 Å². The molecule has 1 unspecified atom stereocenters. The van der Waals surface area contributed by atoms with E-state index in [0.717, 1.165) is 25.8 Å². The number of para-hydroxylation sites is 1. The third kappa shape index (κ3) is 2.04. The molecule has 1 saturated heterocycles. The second kappa shape index (κ2) is 5.02. The Balaban J connectivity index is 2.01. The Labute approximate surface area is 117 Å². The number of nitrogens with one attached hydrogen (secondary N) is 1. The van der Waals surface area contributed by atoms with Gasteiger partial charge < -0.3 is 9.73 Å². The highest BCUT2D eigenvalue weighted by atomic mass is 19.1. The summed E-state index contributed by atoms with van der Waals surface area (Å²) in [6.07, 6.45) is 2.60. The zero-order valence-electron chi connectivity index (χ0n) is 11.5. The van der Waals surface area contributed by atoms with Crippen molar-refractivity contribution in [2.24, 2.45) is 5.41 Å². The molecule has 0 amide bonds. The molecule has 0 spiro atoms. The van der Waals surface area contributed by atoms with Crippen LogP contribution < -0.4 is 5.32 Å². The zero-order chi connectivity index (χ0) is 14.2. The van der Waals surface area contributed by atoms with Gasteiger partial charge in [0, 0.05) is 11.9 Å². The van der Waals surface area contributed by atoms with E-state index >= 15 is 0 Å². The highest BCUT2D eigenvalue weighted by Gasteiger charge is 2.42. The fourth-order valence-electron chi connectivity index (χ4n) is 3.14. The number of ketones is 1. The number of rotatable bonds is 4. The molecule has 0 aliphatic carbocycles. The Bertz CT molecular complexity index is 641. The van der Waals surface area contributed by atoms with Gasteiger partial charge in [0.25, 0.3) is 0 Å². The molecule has 2 aromatic rings. The van der Waals surface area contributed by atoms with Gasteiger partial charge in [0.05, 0.1) is 5.41 Å². The summed E-state index contributed by atoms with van der Waals surface area (Å²) in [6.45, 7) is 3.60. The molecule has 2 heterocycles. The molecule has 3 rings (SSSR count). The van der Waals surface area contributed by atoms with E-state index in [9.17, 15) is 9.18 Å². The number of hydrogen-bond donors (Lipinski definition) is 1. The lowest BCUT2D eigenvalue weighted by Crippen LogP contribution is -2.33. The Morgan fingerprint density at radius 1 is 1.50 bits per heavy atom. The van der Waals surface area contributed by atoms with E-state index in [0.29, 0.717) is 11.9 Å². The maximum absolute atomic E-state index is 13.7. The van der Waals surface area contributed by atoms with Gasteiger partial charge >= 0.3 is 0 Å². The maximum Gasteiger partial charge on any atom is 0.205 e. The Morgan fingerprint density at radius 3 is 3.00 bits per heavy atom. The van der Waals surface area contributed by atoms with E-state index in [4.69, 9.17) is 4.42 Å². The van der Waals surface area contributed by atoms with Gasteiger partial charge in [-0.3, -0.25) is 4.79 Å². The molecule has 1 atom stereocenters. The number of carbonyl (C=O) groups excluding carboxylic acids is 1. The van der Waals surface area contributed by atoms with E-state index in [1.165, 1.54) is 6.07 Å². The van der Waals surface area contributed by atoms with Crippen LogP contribution in [0.4, 0.5) is 4.39 Å². The van der Waals surface area contributed by atoms with Crippen molar-refractivity contribution < 1.29 is 13.6 Å². The van der Waals surface area contributed by atoms with Gasteiger partial charge in [0.15, 0.2) is 17.2 Å². The molecule has 0 bridgehead atoms. The van der Waals surface area contributed by atoms with Crippen molar-refractivity contribution in [2.45, 2.75) is 26.2 Å². The van der Waals surface area contributed by atoms with Crippen LogP contribution in [0.15, 0.2) is 28.7 Å². The first-order chi connectivity index (χ1) is 9.66. The van der Waals surface area contributed by atoms with Gasteiger partial charge in [-0.2, -0.15) is 0 Å². The van der Waals surface area contributed by atoms with Crippen molar-refractivity contribution in [3.05, 3.63) is 35.8 Å². The summed E-state index contributed by atoms with van der Waals surface area (Å²) in [5.74, 6) is -0.141. The van der Waals surface area contributed by atoms with Crippen molar-refractivity contribution in [2.75, 3.05) is 13.1 Å². The third-order valence-electron chi connectivity index (χ3n) is 4.17. The second-order valence-corrected chi connectivity index (χ2v) is 5.56. The summed E-state index contributed by atoms with van der Waals surface area (Å²) in [4.78, 5) is 12.8. The summed E-state index contributed by atoms with van der Waals surface area (Å²) in [5.41, 5.74) is -0.215. The summed E-state index contributed by atoms with van der Waals surface area (Å²) in [5, 5.41) is 3.90. The summed E-state index contributed by atoms with van der Waals surface area (Å²) >= 11 is 0. The first-order valence-electron chi connectivity index (χ1n) is 7.10. The molecule has 0 saturated carbocycles. The minimum atomic E-state index is -0.421. The zero-order valence-corrected chi connectivity index (χ0v) is 11.5. The topological polar surface area (TPSA) is 42.2 Å². The van der Waals surface area contributed by atoms with Crippen LogP contribution in [0.3, 0.4) is 0 Å². The molecule has 1 aromatic carbocycles. The minimum Gasteiger partial charge on any atom is -0.450 e. The van der Waals surface area contributed by atoms with Crippen LogP contribution in [-0.4, -0.2) is 18.9 Å². The molecular formula is C16H18FNO2. The molecule has 1 aliphatic rings. The Kier molecular flexibility index (Phi) is 3.34. The van der Waals surface area contributed by atoms with Crippen molar-refractivity contribution in [3.8, 4) is 0 Å². The number of carbonyl (C=O) groups is 1. The fraction of sp³-hybridized carbons (Fsp3) is 0.438. The fourth-order valence-corrected chi connectivity index (χ4v) is 3.14. The van der Waals surface area contributed by atoms with E-state index < -0.39 is 5.82 Å². The first-order valence-corrected chi connectivity index (χ1v) is 7.10. The molecule has 1 fully saturated rings. The standard InChI is InChI=1S/C16H18FNO2/c1-2-6-16(7-8-18-10-16)15(19)13-9-11-4-3-5-12(17)14(11)20-13/h3-5,9,18H,2,6-8,10H2,1H3. The number of hydrogen-bond acceptors (Lipinski definition) is 3. The SMILES string of the molecule is CCCC1(C(=O)c2cc3cccc(F)c3o2)CCNC1. The van der Waals surface area contributed by atoms with Gasteiger partial charge in [-0.15, -0.1) is 0 Å². The number of halogens is 1. The van der Waals surface area contributed by atoms with Crippen molar-refractivity contribution in [1.82, 2.24) is 5.32 Å². The third-order valence-corrected chi connectivity index (χ3v) is 4.17. The quantitative estimate of drug-likeness (QED) is 0.868. The van der Waals surface area contributed by atoms with Crippen LogP contribution in [0.1, 0.15) is 36.7 Å². The van der Waals surface area contributed by atoms with E-state index in [2.05, 4.69) is 12.2 Å². The largest absolute Gasteiger partial charge is 0.450 e. The number of benzene rings is 1. The molecule has 3 nitrogen and oxygen atoms in total. The van der Waals surface area contributed by atoms with Gasteiger partial charge in [-0.05, 0) is 31.5 Å². The van der Waals surface area contributed by atoms with E-state index in [1.54, 1.807) is 18.2 Å². The van der Waals surface area contributed by atoms with Gasteiger partial charge in [0.1, 0.15) is 0 Å². The average Bonchev–Trinajstić information content (AvgIpc) is 3.06. The first kappa shape index (κ1) is 13.3. The predicted molar refractivity (Wildman–Crippen MR) is 75.3 cm³/mol. The van der Waals surface area contributed by atoms with Crippen LogP contribution in [0.5, 0.6) is 0 Å². The monoisotopic (exact) mass is 275 g/mol. The summed E-state index contributed by atoms with van der Waals surface area (Å²) < 4.78 is 19.2. The van der Waals surface area contributed by atoms with Gasteiger partial charge in [-0.1, -0.05) is 25.5 Å². The van der Waals surface area contributed by atoms with Crippen molar-refractivity contribution >= 4 is 16.8 Å². The lowest BCUT2D eigenvalue weighted by atomic mass is 9.77. The molecule has 1 aliphatic heterocycles. The molecule has 1 aromatic heterocycles. The smallest absolute Gasteiger partial charge is 0.205 e. The average molecular weight is 275 g/mol. The van der Waals surface area contributed by atoms with Crippen LogP contribution in [-0.2, 0) is 0 Å². The highest BCUT2D eigenvalue weighted by molar-refractivity contribution is 6.01. The van der Waals surface area contributed by atoms with E-state index in [-0.39, 0.29) is 22.5 Å². The molecule has 0 radical (unpaired) electrons. The summed E-state index contributed by atoms with van der Waals surface area (Å²) in [7, 11) is 0. The second-order valence-electron chi connectivity index (χ2n) is 5.56. The van der Waals surface area contributed by atoms with Crippen molar-refractivity contribution in [3.63, 3.8) is 0 Å². The molecule has 1 N–H and O–H groups in total.